The van der Waals surface area contributed by atoms with Crippen molar-refractivity contribution in [2.24, 2.45) is 0 Å². The van der Waals surface area contributed by atoms with Crippen LogP contribution in [0.2, 0.25) is 5.02 Å². The van der Waals surface area contributed by atoms with Crippen molar-refractivity contribution in [2.75, 3.05) is 18.4 Å². The number of aliphatic hydroxyl groups excluding tert-OH is 1. The van der Waals surface area contributed by atoms with Crippen LogP contribution in [0.25, 0.3) is 0 Å². The Bertz CT molecular complexity index is 1060. The molecule has 1 heterocycles. The third kappa shape index (κ3) is 4.55. The molecule has 1 aliphatic heterocycles. The fraction of sp³-hybridized carbons (Fsp3) is 0.278. The number of hydrogen-bond donors (Lipinski definition) is 2. The van der Waals surface area contributed by atoms with Crippen LogP contribution in [0.3, 0.4) is 0 Å². The number of anilines is 1. The number of amides is 1. The summed E-state index contributed by atoms with van der Waals surface area (Å²) < 4.78 is 68.1. The van der Waals surface area contributed by atoms with Gasteiger partial charge >= 0.3 is 0 Å². The smallest absolute Gasteiger partial charge is 0.258 e. The van der Waals surface area contributed by atoms with Crippen LogP contribution in [0.4, 0.5) is 18.9 Å². The van der Waals surface area contributed by atoms with Crippen molar-refractivity contribution in [1.29, 1.82) is 0 Å². The van der Waals surface area contributed by atoms with E-state index in [0.717, 1.165) is 16.4 Å². The number of halogens is 4. The van der Waals surface area contributed by atoms with E-state index in [2.05, 4.69) is 5.32 Å². The van der Waals surface area contributed by atoms with Gasteiger partial charge in [-0.1, -0.05) is 11.6 Å². The molecule has 1 saturated heterocycles. The molecule has 1 aliphatic rings. The predicted octanol–water partition coefficient (Wildman–Crippen LogP) is 3.16. The van der Waals surface area contributed by atoms with Crippen LogP contribution < -0.4 is 5.32 Å². The molecule has 0 atom stereocenters. The van der Waals surface area contributed by atoms with E-state index in [4.69, 9.17) is 11.6 Å². The maximum atomic E-state index is 14.3. The number of carbonyl (C=O) groups is 1. The zero-order valence-electron chi connectivity index (χ0n) is 14.8. The SMILES string of the molecule is O=C(Nc1ccc(F)c(Cl)c1)c1cc(S(=O)(=O)N2CCC(O)CC2)c(F)cc1F. The molecule has 2 aromatic rings. The van der Waals surface area contributed by atoms with E-state index in [0.29, 0.717) is 12.1 Å². The van der Waals surface area contributed by atoms with Gasteiger partial charge in [0.15, 0.2) is 0 Å². The van der Waals surface area contributed by atoms with Crippen molar-refractivity contribution < 1.29 is 31.5 Å². The second-order valence-electron chi connectivity index (χ2n) is 6.48. The van der Waals surface area contributed by atoms with E-state index >= 15 is 0 Å². The van der Waals surface area contributed by atoms with Crippen LogP contribution in [0.1, 0.15) is 23.2 Å². The van der Waals surface area contributed by atoms with Crippen LogP contribution >= 0.6 is 11.6 Å². The Labute approximate surface area is 169 Å². The molecule has 1 amide bonds. The first kappa shape index (κ1) is 21.6. The molecule has 0 aliphatic carbocycles. The van der Waals surface area contributed by atoms with Gasteiger partial charge in [0.2, 0.25) is 10.0 Å². The van der Waals surface area contributed by atoms with Gasteiger partial charge in [0.05, 0.1) is 16.7 Å². The fourth-order valence-electron chi connectivity index (χ4n) is 2.89. The highest BCUT2D eigenvalue weighted by molar-refractivity contribution is 7.89. The molecule has 1 fully saturated rings. The zero-order valence-corrected chi connectivity index (χ0v) is 16.4. The minimum Gasteiger partial charge on any atom is -0.393 e. The van der Waals surface area contributed by atoms with Crippen LogP contribution in [0, 0.1) is 17.5 Å². The lowest BCUT2D eigenvalue weighted by Gasteiger charge is -2.29. The molecule has 0 spiro atoms. The third-order valence-corrected chi connectivity index (χ3v) is 6.69. The highest BCUT2D eigenvalue weighted by Crippen LogP contribution is 2.26. The Balaban J connectivity index is 1.92. The van der Waals surface area contributed by atoms with Crippen molar-refractivity contribution in [3.63, 3.8) is 0 Å². The lowest BCUT2D eigenvalue weighted by molar-refractivity contribution is 0.102. The molecular weight excluding hydrogens is 433 g/mol. The van der Waals surface area contributed by atoms with Gasteiger partial charge in [0.1, 0.15) is 22.3 Å². The Morgan fingerprint density at radius 2 is 1.72 bits per heavy atom. The lowest BCUT2D eigenvalue weighted by atomic mass is 10.1. The molecule has 2 aromatic carbocycles. The minimum absolute atomic E-state index is 0.0318. The second-order valence-corrected chi connectivity index (χ2v) is 8.79. The Morgan fingerprint density at radius 1 is 1.07 bits per heavy atom. The van der Waals surface area contributed by atoms with E-state index in [9.17, 15) is 31.5 Å². The summed E-state index contributed by atoms with van der Waals surface area (Å²) in [6, 6.07) is 4.19. The first-order valence-electron chi connectivity index (χ1n) is 8.53. The molecule has 0 saturated carbocycles. The monoisotopic (exact) mass is 448 g/mol. The van der Waals surface area contributed by atoms with E-state index in [-0.39, 0.29) is 36.6 Å². The van der Waals surface area contributed by atoms with Crippen LogP contribution in [0.15, 0.2) is 35.2 Å². The van der Waals surface area contributed by atoms with Crippen LogP contribution in [-0.4, -0.2) is 42.9 Å². The van der Waals surface area contributed by atoms with Gasteiger partial charge in [-0.25, -0.2) is 21.6 Å². The van der Waals surface area contributed by atoms with Crippen molar-refractivity contribution in [2.45, 2.75) is 23.8 Å². The number of nitrogens with zero attached hydrogens (tertiary/aromatic N) is 1. The number of aliphatic hydroxyl groups is 1. The van der Waals surface area contributed by atoms with Gasteiger partial charge in [-0.3, -0.25) is 4.79 Å². The molecule has 6 nitrogen and oxygen atoms in total. The number of rotatable bonds is 4. The molecular formula is C18H16ClF3N2O4S. The summed E-state index contributed by atoms with van der Waals surface area (Å²) >= 11 is 5.62. The highest BCUT2D eigenvalue weighted by Gasteiger charge is 2.32. The summed E-state index contributed by atoms with van der Waals surface area (Å²) in [6.45, 7) is -0.0636. The van der Waals surface area contributed by atoms with Crippen molar-refractivity contribution in [1.82, 2.24) is 4.31 Å². The first-order valence-corrected chi connectivity index (χ1v) is 10.3. The Hall–Kier alpha value is -2.14. The van der Waals surface area contributed by atoms with Crippen molar-refractivity contribution in [3.05, 3.63) is 58.4 Å². The average Bonchev–Trinajstić information content (AvgIpc) is 2.65. The third-order valence-electron chi connectivity index (χ3n) is 4.48. The number of piperidine rings is 1. The summed E-state index contributed by atoms with van der Waals surface area (Å²) in [4.78, 5) is 11.5. The first-order chi connectivity index (χ1) is 13.6. The number of sulfonamides is 1. The standard InChI is InChI=1S/C18H16ClF3N2O4S/c19-13-7-10(1-2-14(13)20)23-18(26)12-8-17(16(22)9-15(12)21)29(27,28)24-5-3-11(25)4-6-24/h1-2,7-9,11,25H,3-6H2,(H,23,26). The van der Waals surface area contributed by atoms with Crippen LogP contribution in [0.5, 0.6) is 0 Å². The van der Waals surface area contributed by atoms with E-state index in [1.807, 2.05) is 0 Å². The average molecular weight is 449 g/mol. The van der Waals surface area contributed by atoms with Crippen LogP contribution in [-0.2, 0) is 10.0 Å². The fourth-order valence-corrected chi connectivity index (χ4v) is 4.62. The van der Waals surface area contributed by atoms with Gasteiger partial charge in [-0.15, -0.1) is 0 Å². The molecule has 0 bridgehead atoms. The molecule has 0 unspecified atom stereocenters. The maximum Gasteiger partial charge on any atom is 0.258 e. The van der Waals surface area contributed by atoms with E-state index in [1.54, 1.807) is 0 Å². The number of hydrogen-bond acceptors (Lipinski definition) is 4. The predicted molar refractivity (Wildman–Crippen MR) is 99.7 cm³/mol. The van der Waals surface area contributed by atoms with E-state index in [1.165, 1.54) is 6.07 Å². The molecule has 2 N–H and O–H groups in total. The van der Waals surface area contributed by atoms with E-state index < -0.39 is 49.9 Å². The van der Waals surface area contributed by atoms with Gasteiger partial charge in [0, 0.05) is 24.8 Å². The molecule has 0 radical (unpaired) electrons. The second kappa shape index (κ2) is 8.31. The lowest BCUT2D eigenvalue weighted by Crippen LogP contribution is -2.40. The number of nitrogens with one attached hydrogen (secondary N) is 1. The van der Waals surface area contributed by atoms with Gasteiger partial charge in [0.25, 0.3) is 5.91 Å². The minimum atomic E-state index is -4.34. The largest absolute Gasteiger partial charge is 0.393 e. The molecule has 0 aromatic heterocycles. The highest BCUT2D eigenvalue weighted by atomic mass is 35.5. The Morgan fingerprint density at radius 3 is 2.34 bits per heavy atom. The number of benzene rings is 2. The zero-order chi connectivity index (χ0) is 21.3. The summed E-state index contributed by atoms with van der Waals surface area (Å²) in [5.74, 6) is -4.38. The normalized spacial score (nSPS) is 16.0. The molecule has 11 heteroatoms. The van der Waals surface area contributed by atoms with Gasteiger partial charge in [-0.2, -0.15) is 4.31 Å². The molecule has 3 rings (SSSR count). The van der Waals surface area contributed by atoms with Crippen molar-refractivity contribution in [3.8, 4) is 0 Å². The van der Waals surface area contributed by atoms with Crippen molar-refractivity contribution >= 4 is 33.2 Å². The molecule has 29 heavy (non-hydrogen) atoms. The topological polar surface area (TPSA) is 86.7 Å². The summed E-state index contributed by atoms with van der Waals surface area (Å²) in [6.07, 6.45) is -0.287. The Kier molecular flexibility index (Phi) is 6.18. The summed E-state index contributed by atoms with van der Waals surface area (Å²) in [7, 11) is -4.34. The van der Waals surface area contributed by atoms with Gasteiger partial charge < -0.3 is 10.4 Å². The maximum absolute atomic E-state index is 14.3. The summed E-state index contributed by atoms with van der Waals surface area (Å²) in [5.41, 5.74) is -0.665. The summed E-state index contributed by atoms with van der Waals surface area (Å²) in [5, 5.41) is 11.5. The number of carbonyl (C=O) groups excluding carboxylic acids is 1. The molecule has 156 valence electrons. The quantitative estimate of drug-likeness (QED) is 0.752. The van der Waals surface area contributed by atoms with Gasteiger partial charge in [-0.05, 0) is 37.1 Å².